The van der Waals surface area contributed by atoms with Gasteiger partial charge < -0.3 is 4.90 Å². The van der Waals surface area contributed by atoms with Crippen LogP contribution in [0.2, 0.25) is 0 Å². The van der Waals surface area contributed by atoms with Gasteiger partial charge in [0.1, 0.15) is 0 Å². The largest absolute Gasteiger partial charge is 0.336 e. The van der Waals surface area contributed by atoms with E-state index in [1.54, 1.807) is 52.3 Å². The second-order valence-corrected chi connectivity index (χ2v) is 8.46. The molecule has 0 atom stereocenters. The lowest BCUT2D eigenvalue weighted by molar-refractivity contribution is 0.0698. The third-order valence-corrected chi connectivity index (χ3v) is 6.67. The summed E-state index contributed by atoms with van der Waals surface area (Å²) in [6, 6.07) is 17.9. The van der Waals surface area contributed by atoms with Gasteiger partial charge in [-0.2, -0.15) is 9.40 Å². The Kier molecular flexibility index (Phi) is 4.97. The Hall–Kier alpha value is -2.97. The third-order valence-electron chi connectivity index (χ3n) is 4.76. The SMILES string of the molecule is O=C(c1cnn(-c2ccccc2)c1)N1CCN(S(=O)(=O)c2ccccc2)CC1. The number of para-hydroxylation sites is 1. The molecule has 0 bridgehead atoms. The van der Waals surface area contributed by atoms with Crippen LogP contribution in [0.25, 0.3) is 5.69 Å². The Morgan fingerprint density at radius 2 is 1.46 bits per heavy atom. The minimum atomic E-state index is -3.53. The number of carbonyl (C=O) groups is 1. The van der Waals surface area contributed by atoms with Crippen molar-refractivity contribution in [1.29, 1.82) is 0 Å². The van der Waals surface area contributed by atoms with Crippen LogP contribution in [-0.4, -0.2) is 59.5 Å². The molecule has 0 radical (unpaired) electrons. The highest BCUT2D eigenvalue weighted by Crippen LogP contribution is 2.18. The molecule has 2 aromatic carbocycles. The molecule has 1 fully saturated rings. The maximum atomic E-state index is 12.8. The predicted octanol–water partition coefficient (Wildman–Crippen LogP) is 2.02. The molecule has 0 saturated carbocycles. The monoisotopic (exact) mass is 396 g/mol. The molecule has 8 heteroatoms. The Morgan fingerprint density at radius 1 is 0.857 bits per heavy atom. The quantitative estimate of drug-likeness (QED) is 0.676. The molecule has 4 rings (SSSR count). The lowest BCUT2D eigenvalue weighted by Gasteiger charge is -2.33. The van der Waals surface area contributed by atoms with Gasteiger partial charge >= 0.3 is 0 Å². The molecule has 1 amide bonds. The molecular formula is C20H20N4O3S. The Bertz CT molecular complexity index is 1060. The number of hydrogen-bond donors (Lipinski definition) is 0. The molecule has 0 N–H and O–H groups in total. The van der Waals surface area contributed by atoms with Crippen molar-refractivity contribution in [3.8, 4) is 5.69 Å². The van der Waals surface area contributed by atoms with Crippen LogP contribution in [0.15, 0.2) is 78.0 Å². The first kappa shape index (κ1) is 18.4. The van der Waals surface area contributed by atoms with Crippen molar-refractivity contribution in [1.82, 2.24) is 19.0 Å². The number of benzene rings is 2. The van der Waals surface area contributed by atoms with Gasteiger partial charge in [-0.25, -0.2) is 13.1 Å². The summed E-state index contributed by atoms with van der Waals surface area (Å²) in [5.74, 6) is -0.140. The highest BCUT2D eigenvalue weighted by atomic mass is 32.2. The predicted molar refractivity (Wildman–Crippen MR) is 105 cm³/mol. The van der Waals surface area contributed by atoms with E-state index in [0.717, 1.165) is 5.69 Å². The van der Waals surface area contributed by atoms with Gasteiger partial charge in [-0.1, -0.05) is 36.4 Å². The molecule has 1 aliphatic heterocycles. The summed E-state index contributed by atoms with van der Waals surface area (Å²) >= 11 is 0. The van der Waals surface area contributed by atoms with Gasteiger partial charge in [0.25, 0.3) is 5.91 Å². The minimum Gasteiger partial charge on any atom is -0.336 e. The van der Waals surface area contributed by atoms with E-state index in [9.17, 15) is 13.2 Å². The molecule has 7 nitrogen and oxygen atoms in total. The minimum absolute atomic E-state index is 0.140. The van der Waals surface area contributed by atoms with E-state index in [4.69, 9.17) is 0 Å². The maximum absolute atomic E-state index is 12.8. The molecular weight excluding hydrogens is 376 g/mol. The van der Waals surface area contributed by atoms with Gasteiger partial charge in [0.2, 0.25) is 10.0 Å². The summed E-state index contributed by atoms with van der Waals surface area (Å²) in [6.45, 7) is 1.24. The van der Waals surface area contributed by atoms with Gasteiger partial charge in [-0.15, -0.1) is 0 Å². The fourth-order valence-corrected chi connectivity index (χ4v) is 4.65. The number of aromatic nitrogens is 2. The second-order valence-electron chi connectivity index (χ2n) is 6.52. The van der Waals surface area contributed by atoms with Crippen LogP contribution in [-0.2, 0) is 10.0 Å². The fraction of sp³-hybridized carbons (Fsp3) is 0.200. The highest BCUT2D eigenvalue weighted by molar-refractivity contribution is 7.89. The van der Waals surface area contributed by atoms with Crippen LogP contribution in [0.5, 0.6) is 0 Å². The lowest BCUT2D eigenvalue weighted by Crippen LogP contribution is -2.50. The van der Waals surface area contributed by atoms with E-state index >= 15 is 0 Å². The first-order valence-electron chi connectivity index (χ1n) is 9.00. The first-order valence-corrected chi connectivity index (χ1v) is 10.4. The average molecular weight is 396 g/mol. The molecule has 28 heavy (non-hydrogen) atoms. The summed E-state index contributed by atoms with van der Waals surface area (Å²) < 4.78 is 28.5. The zero-order valence-electron chi connectivity index (χ0n) is 15.2. The van der Waals surface area contributed by atoms with Crippen molar-refractivity contribution in [2.45, 2.75) is 4.90 Å². The average Bonchev–Trinajstić information content (AvgIpc) is 3.25. The van der Waals surface area contributed by atoms with Gasteiger partial charge in [0.15, 0.2) is 0 Å². The van der Waals surface area contributed by atoms with Gasteiger partial charge in [-0.05, 0) is 24.3 Å². The van der Waals surface area contributed by atoms with Crippen molar-refractivity contribution >= 4 is 15.9 Å². The third kappa shape index (κ3) is 3.56. The standard InChI is InChI=1S/C20H20N4O3S/c25-20(17-15-21-24(16-17)18-7-3-1-4-8-18)22-11-13-23(14-12-22)28(26,27)19-9-5-2-6-10-19/h1-10,15-16H,11-14H2. The number of amides is 1. The van der Waals surface area contributed by atoms with Crippen LogP contribution in [0.4, 0.5) is 0 Å². The number of sulfonamides is 1. The number of nitrogens with zero attached hydrogens (tertiary/aromatic N) is 4. The van der Waals surface area contributed by atoms with E-state index in [2.05, 4.69) is 5.10 Å². The van der Waals surface area contributed by atoms with Gasteiger partial charge in [0.05, 0.1) is 22.3 Å². The lowest BCUT2D eigenvalue weighted by atomic mass is 10.2. The molecule has 3 aromatic rings. The Morgan fingerprint density at radius 3 is 2.11 bits per heavy atom. The summed E-state index contributed by atoms with van der Waals surface area (Å²) in [7, 11) is -3.53. The van der Waals surface area contributed by atoms with Crippen molar-refractivity contribution < 1.29 is 13.2 Å². The van der Waals surface area contributed by atoms with E-state index in [-0.39, 0.29) is 23.9 Å². The van der Waals surface area contributed by atoms with Crippen molar-refractivity contribution in [3.05, 3.63) is 78.6 Å². The zero-order valence-corrected chi connectivity index (χ0v) is 16.0. The molecule has 1 aromatic heterocycles. The van der Waals surface area contributed by atoms with Gasteiger partial charge in [-0.3, -0.25) is 4.79 Å². The molecule has 0 unspecified atom stereocenters. The summed E-state index contributed by atoms with van der Waals surface area (Å²) in [4.78, 5) is 14.7. The van der Waals surface area contributed by atoms with E-state index in [1.807, 2.05) is 30.3 Å². The Labute approximate surface area is 163 Å². The van der Waals surface area contributed by atoms with Crippen molar-refractivity contribution in [2.75, 3.05) is 26.2 Å². The van der Waals surface area contributed by atoms with Crippen LogP contribution >= 0.6 is 0 Å². The van der Waals surface area contributed by atoms with Crippen LogP contribution in [0, 0.1) is 0 Å². The molecule has 144 valence electrons. The van der Waals surface area contributed by atoms with Gasteiger partial charge in [0, 0.05) is 32.4 Å². The summed E-state index contributed by atoms with van der Waals surface area (Å²) in [6.07, 6.45) is 3.24. The summed E-state index contributed by atoms with van der Waals surface area (Å²) in [5, 5.41) is 4.26. The van der Waals surface area contributed by atoms with E-state index in [1.165, 1.54) is 4.31 Å². The molecule has 0 aliphatic carbocycles. The molecule has 1 aliphatic rings. The molecule has 0 spiro atoms. The van der Waals surface area contributed by atoms with Crippen LogP contribution < -0.4 is 0 Å². The van der Waals surface area contributed by atoms with E-state index in [0.29, 0.717) is 18.7 Å². The van der Waals surface area contributed by atoms with E-state index < -0.39 is 10.0 Å². The zero-order chi connectivity index (χ0) is 19.6. The van der Waals surface area contributed by atoms with Crippen LogP contribution in [0.3, 0.4) is 0 Å². The number of piperazine rings is 1. The fourth-order valence-electron chi connectivity index (χ4n) is 3.21. The molecule has 1 saturated heterocycles. The van der Waals surface area contributed by atoms with Crippen molar-refractivity contribution in [2.24, 2.45) is 0 Å². The normalized spacial score (nSPS) is 15.5. The maximum Gasteiger partial charge on any atom is 0.257 e. The van der Waals surface area contributed by atoms with Crippen LogP contribution in [0.1, 0.15) is 10.4 Å². The first-order chi connectivity index (χ1) is 13.6. The molecule has 2 heterocycles. The van der Waals surface area contributed by atoms with Crippen molar-refractivity contribution in [3.63, 3.8) is 0 Å². The second kappa shape index (κ2) is 7.57. The topological polar surface area (TPSA) is 75.5 Å². The Balaban J connectivity index is 1.43. The number of rotatable bonds is 4. The highest BCUT2D eigenvalue weighted by Gasteiger charge is 2.30. The number of carbonyl (C=O) groups excluding carboxylic acids is 1. The summed E-state index contributed by atoms with van der Waals surface area (Å²) in [5.41, 5.74) is 1.36. The number of hydrogen-bond acceptors (Lipinski definition) is 4. The smallest absolute Gasteiger partial charge is 0.257 e.